The Hall–Kier alpha value is -3.54. The fraction of sp³-hybridized carbons (Fsp3) is 0.312. The van der Waals surface area contributed by atoms with E-state index in [1.165, 1.54) is 40.5 Å². The smallest absolute Gasteiger partial charge is 0.192 e. The Bertz CT molecular complexity index is 1650. The molecule has 37 heavy (non-hydrogen) atoms. The molecule has 2 atom stereocenters. The Morgan fingerprint density at radius 1 is 0.811 bits per heavy atom. The lowest BCUT2D eigenvalue weighted by molar-refractivity contribution is 0.625. The molecule has 5 nitrogen and oxygen atoms in total. The maximum Gasteiger partial charge on any atom is 0.192 e. The predicted octanol–water partition coefficient (Wildman–Crippen LogP) is 6.02. The fourth-order valence-electron chi connectivity index (χ4n) is 6.30. The molecule has 3 aliphatic rings. The van der Waals surface area contributed by atoms with Gasteiger partial charge in [0.2, 0.25) is 0 Å². The minimum atomic E-state index is 0.132. The van der Waals surface area contributed by atoms with Crippen LogP contribution in [0, 0.1) is 6.92 Å². The van der Waals surface area contributed by atoms with Gasteiger partial charge in [-0.15, -0.1) is 0 Å². The van der Waals surface area contributed by atoms with Gasteiger partial charge < -0.3 is 15.6 Å². The molecule has 186 valence electrons. The van der Waals surface area contributed by atoms with Crippen molar-refractivity contribution in [3.05, 3.63) is 87.8 Å². The SMILES string of the molecule is Cc1c(C2CCCN2)[nH]c2cc(-c3ccc4cc(C5=CN=C([C@@H]6CCCN6)C5)ccc4c3)ccc2c1=O. The number of H-pyrrole nitrogens is 1. The van der Waals surface area contributed by atoms with Crippen molar-refractivity contribution < 1.29 is 0 Å². The highest BCUT2D eigenvalue weighted by Crippen LogP contribution is 2.32. The van der Waals surface area contributed by atoms with Gasteiger partial charge in [-0.05, 0) is 103 Å². The molecule has 5 heteroatoms. The van der Waals surface area contributed by atoms with Crippen LogP contribution >= 0.6 is 0 Å². The molecule has 0 spiro atoms. The summed E-state index contributed by atoms with van der Waals surface area (Å²) < 4.78 is 0. The van der Waals surface area contributed by atoms with Crippen LogP contribution in [0.1, 0.15) is 55.0 Å². The summed E-state index contributed by atoms with van der Waals surface area (Å²) in [6.45, 7) is 4.05. The van der Waals surface area contributed by atoms with E-state index in [1.54, 1.807) is 0 Å². The summed E-state index contributed by atoms with van der Waals surface area (Å²) in [5, 5.41) is 10.3. The van der Waals surface area contributed by atoms with E-state index in [0.29, 0.717) is 6.04 Å². The molecule has 0 amide bonds. The van der Waals surface area contributed by atoms with Gasteiger partial charge in [-0.3, -0.25) is 9.79 Å². The Kier molecular flexibility index (Phi) is 5.56. The molecule has 0 radical (unpaired) electrons. The predicted molar refractivity (Wildman–Crippen MR) is 153 cm³/mol. The van der Waals surface area contributed by atoms with E-state index >= 15 is 0 Å². The van der Waals surface area contributed by atoms with Crippen molar-refractivity contribution >= 4 is 33.0 Å². The van der Waals surface area contributed by atoms with Crippen molar-refractivity contribution in [2.75, 3.05) is 13.1 Å². The number of pyridine rings is 1. The second-order valence-corrected chi connectivity index (χ2v) is 10.8. The number of aliphatic imine (C=N–C) groups is 1. The highest BCUT2D eigenvalue weighted by Gasteiger charge is 2.24. The van der Waals surface area contributed by atoms with E-state index in [2.05, 4.69) is 70.3 Å². The van der Waals surface area contributed by atoms with Gasteiger partial charge in [-0.1, -0.05) is 30.3 Å². The summed E-state index contributed by atoms with van der Waals surface area (Å²) in [6.07, 6.45) is 7.64. The monoisotopic (exact) mass is 488 g/mol. The molecule has 4 heterocycles. The van der Waals surface area contributed by atoms with Crippen LogP contribution in [-0.4, -0.2) is 29.8 Å². The zero-order chi connectivity index (χ0) is 24.9. The van der Waals surface area contributed by atoms with Crippen LogP contribution in [0.25, 0.3) is 38.4 Å². The van der Waals surface area contributed by atoms with E-state index in [-0.39, 0.29) is 11.5 Å². The number of nitrogens with one attached hydrogen (secondary N) is 3. The van der Waals surface area contributed by atoms with E-state index < -0.39 is 0 Å². The highest BCUT2D eigenvalue weighted by atomic mass is 16.1. The van der Waals surface area contributed by atoms with Crippen LogP contribution in [0.5, 0.6) is 0 Å². The first-order valence-electron chi connectivity index (χ1n) is 13.6. The molecular formula is C32H32N4O. The second kappa shape index (κ2) is 9.09. The molecular weight excluding hydrogens is 456 g/mol. The number of allylic oxidation sites excluding steroid dienone is 1. The summed E-state index contributed by atoms with van der Waals surface area (Å²) in [6, 6.07) is 20.2. The standard InChI is InChI=1S/C32H32N4O/c1-19-31(28-5-3-13-34-28)36-29-16-24(10-11-26(29)32(19)37)22-7-6-21-15-23(9-8-20(21)14-22)25-17-30(35-18-25)27-4-2-12-33-27/h6-11,14-16,18,27-28,33-34H,2-5,12-13,17H2,1H3,(H,36,37)/t27-,28?/m0/s1. The average Bonchev–Trinajstić information content (AvgIpc) is 3.72. The molecule has 7 rings (SSSR count). The van der Waals surface area contributed by atoms with Gasteiger partial charge in [0.25, 0.3) is 0 Å². The van der Waals surface area contributed by atoms with Gasteiger partial charge in [-0.25, -0.2) is 0 Å². The Morgan fingerprint density at radius 2 is 1.49 bits per heavy atom. The first-order valence-corrected chi connectivity index (χ1v) is 13.6. The normalized spacial score (nSPS) is 21.6. The maximum absolute atomic E-state index is 13.1. The van der Waals surface area contributed by atoms with Gasteiger partial charge in [0.05, 0.1) is 5.52 Å². The van der Waals surface area contributed by atoms with Crippen molar-refractivity contribution in [2.24, 2.45) is 4.99 Å². The second-order valence-electron chi connectivity index (χ2n) is 10.8. The van der Waals surface area contributed by atoms with Crippen LogP contribution in [0.4, 0.5) is 0 Å². The number of nitrogens with zero attached hydrogens (tertiary/aromatic N) is 1. The molecule has 1 unspecified atom stereocenters. The van der Waals surface area contributed by atoms with Crippen LogP contribution in [0.3, 0.4) is 0 Å². The van der Waals surface area contributed by atoms with Crippen molar-refractivity contribution in [1.29, 1.82) is 0 Å². The molecule has 0 bridgehead atoms. The number of fused-ring (bicyclic) bond motifs is 2. The molecule has 4 aromatic rings. The van der Waals surface area contributed by atoms with Gasteiger partial charge in [-0.2, -0.15) is 0 Å². The maximum atomic E-state index is 13.1. The van der Waals surface area contributed by atoms with Crippen LogP contribution < -0.4 is 16.1 Å². The molecule has 2 fully saturated rings. The first kappa shape index (κ1) is 22.6. The van der Waals surface area contributed by atoms with Crippen LogP contribution in [0.15, 0.2) is 70.6 Å². The topological polar surface area (TPSA) is 69.3 Å². The molecule has 3 aliphatic heterocycles. The van der Waals surface area contributed by atoms with Crippen LogP contribution in [0.2, 0.25) is 0 Å². The molecule has 2 saturated heterocycles. The van der Waals surface area contributed by atoms with Crippen molar-refractivity contribution in [3.63, 3.8) is 0 Å². The summed E-state index contributed by atoms with van der Waals surface area (Å²) in [5.74, 6) is 0. The lowest BCUT2D eigenvalue weighted by Gasteiger charge is -2.15. The minimum absolute atomic E-state index is 0.132. The van der Waals surface area contributed by atoms with E-state index in [0.717, 1.165) is 65.6 Å². The number of benzene rings is 3. The number of hydrogen-bond acceptors (Lipinski definition) is 4. The third kappa shape index (κ3) is 4.03. The minimum Gasteiger partial charge on any atom is -0.357 e. The fourth-order valence-corrected chi connectivity index (χ4v) is 6.30. The Morgan fingerprint density at radius 3 is 2.24 bits per heavy atom. The van der Waals surface area contributed by atoms with Gasteiger partial charge in [0, 0.05) is 47.1 Å². The van der Waals surface area contributed by atoms with E-state index in [4.69, 9.17) is 4.99 Å². The number of rotatable bonds is 4. The molecule has 1 aromatic heterocycles. The zero-order valence-electron chi connectivity index (χ0n) is 21.2. The summed E-state index contributed by atoms with van der Waals surface area (Å²) in [5.41, 5.74) is 9.01. The third-order valence-electron chi connectivity index (χ3n) is 8.45. The molecule has 0 aliphatic carbocycles. The highest BCUT2D eigenvalue weighted by molar-refractivity contribution is 6.02. The van der Waals surface area contributed by atoms with E-state index in [1.807, 2.05) is 13.0 Å². The molecule has 3 aromatic carbocycles. The van der Waals surface area contributed by atoms with Crippen molar-refractivity contribution in [1.82, 2.24) is 15.6 Å². The Balaban J connectivity index is 1.19. The average molecular weight is 489 g/mol. The van der Waals surface area contributed by atoms with Gasteiger partial charge in [0.15, 0.2) is 5.43 Å². The zero-order valence-corrected chi connectivity index (χ0v) is 21.2. The van der Waals surface area contributed by atoms with Gasteiger partial charge in [0.1, 0.15) is 0 Å². The lowest BCUT2D eigenvalue weighted by atomic mass is 9.95. The largest absolute Gasteiger partial charge is 0.357 e. The number of hydrogen-bond donors (Lipinski definition) is 3. The van der Waals surface area contributed by atoms with E-state index in [9.17, 15) is 4.79 Å². The summed E-state index contributed by atoms with van der Waals surface area (Å²) in [4.78, 5) is 21.4. The van der Waals surface area contributed by atoms with Crippen molar-refractivity contribution in [2.45, 2.75) is 51.1 Å². The number of aromatic amines is 1. The first-order chi connectivity index (χ1) is 18.1. The Labute approximate surface area is 216 Å². The summed E-state index contributed by atoms with van der Waals surface area (Å²) in [7, 11) is 0. The molecule has 3 N–H and O–H groups in total. The number of aromatic nitrogens is 1. The third-order valence-corrected chi connectivity index (χ3v) is 8.45. The quantitative estimate of drug-likeness (QED) is 0.329. The van der Waals surface area contributed by atoms with Crippen molar-refractivity contribution in [3.8, 4) is 11.1 Å². The lowest BCUT2D eigenvalue weighted by Crippen LogP contribution is -2.29. The summed E-state index contributed by atoms with van der Waals surface area (Å²) >= 11 is 0. The van der Waals surface area contributed by atoms with Crippen LogP contribution in [-0.2, 0) is 0 Å². The molecule has 0 saturated carbocycles. The van der Waals surface area contributed by atoms with Gasteiger partial charge >= 0.3 is 0 Å².